The fourth-order valence-electron chi connectivity index (χ4n) is 3.49. The summed E-state index contributed by atoms with van der Waals surface area (Å²) in [5, 5.41) is 2.09. The fraction of sp³-hybridized carbons (Fsp3) is 0.0909. The molecule has 3 aromatic carbocycles. The summed E-state index contributed by atoms with van der Waals surface area (Å²) in [6.45, 7) is 0. The Morgan fingerprint density at radius 1 is 0.556 bits per heavy atom. The Morgan fingerprint density at radius 2 is 1.11 bits per heavy atom. The molecule has 0 N–H and O–H groups in total. The third-order valence-corrected chi connectivity index (χ3v) is 5.06. The molecule has 5 heteroatoms. The van der Waals surface area contributed by atoms with Crippen LogP contribution in [0, 0.1) is 0 Å². The van der Waals surface area contributed by atoms with Crippen molar-refractivity contribution in [3.63, 3.8) is 0 Å². The van der Waals surface area contributed by atoms with Gasteiger partial charge < -0.3 is 0 Å². The fourth-order valence-corrected chi connectivity index (χ4v) is 3.68. The molecule has 0 heterocycles. The van der Waals surface area contributed by atoms with Crippen LogP contribution in [0.4, 0.5) is 0 Å². The molecule has 1 aliphatic rings. The van der Waals surface area contributed by atoms with Gasteiger partial charge in [0.1, 0.15) is 11.8 Å². The van der Waals surface area contributed by atoms with Crippen molar-refractivity contribution in [2.75, 3.05) is 0 Å². The molecule has 0 aliphatic heterocycles. The molecule has 1 fully saturated rings. The smallest absolute Gasteiger partial charge is 0.214 e. The van der Waals surface area contributed by atoms with E-state index in [1.165, 1.54) is 12.1 Å². The number of fused-ring (bicyclic) bond motifs is 1. The number of carbonyl (C=O) groups excluding carboxylic acids is 4. The molecule has 27 heavy (non-hydrogen) atoms. The van der Waals surface area contributed by atoms with E-state index in [0.717, 1.165) is 10.8 Å². The van der Waals surface area contributed by atoms with Gasteiger partial charge in [-0.2, -0.15) is 0 Å². The van der Waals surface area contributed by atoms with Crippen molar-refractivity contribution in [2.45, 2.75) is 11.8 Å². The number of benzene rings is 3. The monoisotopic (exact) mass is 376 g/mol. The van der Waals surface area contributed by atoms with Crippen LogP contribution in [0.15, 0.2) is 66.7 Å². The van der Waals surface area contributed by atoms with Gasteiger partial charge >= 0.3 is 0 Å². The van der Waals surface area contributed by atoms with E-state index in [4.69, 9.17) is 11.6 Å². The van der Waals surface area contributed by atoms with Crippen molar-refractivity contribution in [1.29, 1.82) is 0 Å². The van der Waals surface area contributed by atoms with Gasteiger partial charge in [-0.05, 0) is 40.1 Å². The number of rotatable bonds is 2. The molecule has 0 unspecified atom stereocenters. The Hall–Kier alpha value is -3.11. The number of hydrogen-bond donors (Lipinski definition) is 0. The Kier molecular flexibility index (Phi) is 4.21. The normalized spacial score (nSPS) is 20.3. The molecular formula is C22H13ClO4. The van der Waals surface area contributed by atoms with Crippen LogP contribution >= 0.6 is 11.6 Å². The number of ketones is 4. The van der Waals surface area contributed by atoms with E-state index in [2.05, 4.69) is 0 Å². The summed E-state index contributed by atoms with van der Waals surface area (Å²) < 4.78 is 0. The van der Waals surface area contributed by atoms with Crippen LogP contribution in [0.25, 0.3) is 10.8 Å². The van der Waals surface area contributed by atoms with Gasteiger partial charge in [0.15, 0.2) is 0 Å². The quantitative estimate of drug-likeness (QED) is 0.505. The van der Waals surface area contributed by atoms with Crippen LogP contribution in [-0.4, -0.2) is 23.1 Å². The lowest BCUT2D eigenvalue weighted by atomic mass is 9.72. The molecule has 0 radical (unpaired) electrons. The van der Waals surface area contributed by atoms with Crippen LogP contribution in [0.1, 0.15) is 23.0 Å². The van der Waals surface area contributed by atoms with E-state index in [1.54, 1.807) is 30.3 Å². The van der Waals surface area contributed by atoms with Gasteiger partial charge in [-0.15, -0.1) is 0 Å². The minimum Gasteiger partial charge on any atom is -0.290 e. The summed E-state index contributed by atoms with van der Waals surface area (Å²) in [5.74, 6) is -6.27. The van der Waals surface area contributed by atoms with Crippen LogP contribution in [0.3, 0.4) is 0 Å². The van der Waals surface area contributed by atoms with Crippen molar-refractivity contribution in [1.82, 2.24) is 0 Å². The number of Topliss-reactive ketones (excluding diaryl/α,β-unsaturated/α-hetero) is 4. The Balaban J connectivity index is 1.76. The summed E-state index contributed by atoms with van der Waals surface area (Å²) in [7, 11) is 0. The SMILES string of the molecule is O=C1C(=O)C(c2ccc3ccccc3c2)C(=O)C(=O)C1c1cccc(Cl)c1. The van der Waals surface area contributed by atoms with E-state index >= 15 is 0 Å². The predicted octanol–water partition coefficient (Wildman–Crippen LogP) is 3.65. The molecule has 4 nitrogen and oxygen atoms in total. The lowest BCUT2D eigenvalue weighted by Gasteiger charge is -2.24. The molecule has 1 saturated carbocycles. The summed E-state index contributed by atoms with van der Waals surface area (Å²) in [6, 6.07) is 18.6. The maximum absolute atomic E-state index is 12.7. The van der Waals surface area contributed by atoms with Crippen molar-refractivity contribution < 1.29 is 19.2 Å². The van der Waals surface area contributed by atoms with Crippen molar-refractivity contribution in [2.24, 2.45) is 0 Å². The molecule has 0 aromatic heterocycles. The summed E-state index contributed by atoms with van der Waals surface area (Å²) >= 11 is 5.92. The first-order chi connectivity index (χ1) is 13.0. The van der Waals surface area contributed by atoms with Gasteiger partial charge in [-0.1, -0.05) is 60.1 Å². The van der Waals surface area contributed by atoms with Gasteiger partial charge in [0, 0.05) is 5.02 Å². The first kappa shape index (κ1) is 17.3. The molecular weight excluding hydrogens is 364 g/mol. The average molecular weight is 377 g/mol. The van der Waals surface area contributed by atoms with Crippen LogP contribution in [0.2, 0.25) is 5.02 Å². The van der Waals surface area contributed by atoms with Crippen LogP contribution in [0.5, 0.6) is 0 Å². The summed E-state index contributed by atoms with van der Waals surface area (Å²) in [4.78, 5) is 50.8. The molecule has 0 amide bonds. The average Bonchev–Trinajstić information content (AvgIpc) is 2.67. The number of hydrogen-bond acceptors (Lipinski definition) is 4. The van der Waals surface area contributed by atoms with Gasteiger partial charge in [0.2, 0.25) is 23.1 Å². The molecule has 0 atom stereocenters. The van der Waals surface area contributed by atoms with Crippen molar-refractivity contribution >= 4 is 45.5 Å². The van der Waals surface area contributed by atoms with E-state index in [9.17, 15) is 19.2 Å². The standard InChI is InChI=1S/C22H13ClO4/c23-16-7-3-6-14(11-16)17-19(24)21(26)18(22(27)20(17)25)15-9-8-12-4-1-2-5-13(12)10-15/h1-11,17-18H. The largest absolute Gasteiger partial charge is 0.290 e. The van der Waals surface area contributed by atoms with E-state index in [1.807, 2.05) is 24.3 Å². The minimum atomic E-state index is -1.42. The first-order valence-electron chi connectivity index (χ1n) is 8.37. The zero-order valence-electron chi connectivity index (χ0n) is 14.0. The highest BCUT2D eigenvalue weighted by Crippen LogP contribution is 2.33. The van der Waals surface area contributed by atoms with Crippen LogP contribution < -0.4 is 0 Å². The Labute approximate surface area is 159 Å². The second kappa shape index (κ2) is 6.56. The first-order valence-corrected chi connectivity index (χ1v) is 8.75. The van der Waals surface area contributed by atoms with E-state index in [0.29, 0.717) is 10.6 Å². The molecule has 132 valence electrons. The van der Waals surface area contributed by atoms with E-state index in [-0.39, 0.29) is 5.56 Å². The van der Waals surface area contributed by atoms with E-state index < -0.39 is 35.0 Å². The maximum Gasteiger partial charge on any atom is 0.214 e. The second-order valence-electron chi connectivity index (χ2n) is 6.48. The molecule has 0 saturated heterocycles. The second-order valence-corrected chi connectivity index (χ2v) is 6.92. The molecule has 1 aliphatic carbocycles. The van der Waals surface area contributed by atoms with Gasteiger partial charge in [0.25, 0.3) is 0 Å². The topological polar surface area (TPSA) is 68.3 Å². The minimum absolute atomic E-state index is 0.260. The zero-order chi connectivity index (χ0) is 19.1. The lowest BCUT2D eigenvalue weighted by molar-refractivity contribution is -0.151. The predicted molar refractivity (Wildman–Crippen MR) is 101 cm³/mol. The highest BCUT2D eigenvalue weighted by Gasteiger charge is 2.49. The molecule has 0 spiro atoms. The Bertz CT molecular complexity index is 1100. The van der Waals surface area contributed by atoms with Crippen molar-refractivity contribution in [3.05, 3.63) is 82.9 Å². The Morgan fingerprint density at radius 3 is 1.70 bits per heavy atom. The maximum atomic E-state index is 12.7. The number of halogens is 1. The lowest BCUT2D eigenvalue weighted by Crippen LogP contribution is -2.46. The van der Waals surface area contributed by atoms with Crippen molar-refractivity contribution in [3.8, 4) is 0 Å². The number of carbonyl (C=O) groups is 4. The van der Waals surface area contributed by atoms with Gasteiger partial charge in [0.05, 0.1) is 0 Å². The van der Waals surface area contributed by atoms with Gasteiger partial charge in [-0.25, -0.2) is 0 Å². The highest BCUT2D eigenvalue weighted by atomic mass is 35.5. The molecule has 0 bridgehead atoms. The highest BCUT2D eigenvalue weighted by molar-refractivity contribution is 6.63. The van der Waals surface area contributed by atoms with Crippen LogP contribution in [-0.2, 0) is 19.2 Å². The zero-order valence-corrected chi connectivity index (χ0v) is 14.8. The third kappa shape index (κ3) is 2.88. The molecule has 3 aromatic rings. The molecule has 4 rings (SSSR count). The third-order valence-electron chi connectivity index (χ3n) is 4.82. The summed E-state index contributed by atoms with van der Waals surface area (Å²) in [5.41, 5.74) is 0.617. The van der Waals surface area contributed by atoms with Gasteiger partial charge in [-0.3, -0.25) is 19.2 Å². The summed E-state index contributed by atoms with van der Waals surface area (Å²) in [6.07, 6.45) is 0.